The molecular weight excluding hydrogens is 547 g/mol. The van der Waals surface area contributed by atoms with Crippen LogP contribution in [0.4, 0.5) is 0 Å². The predicted molar refractivity (Wildman–Crippen MR) is 161 cm³/mol. The molecule has 0 bridgehead atoms. The van der Waals surface area contributed by atoms with Crippen LogP contribution in [0.5, 0.6) is 5.75 Å². The minimum Gasteiger partial charge on any atom is -0.479 e. The van der Waals surface area contributed by atoms with Gasteiger partial charge in [-0.15, -0.1) is 0 Å². The number of hydrazone groups is 1. The molecule has 3 aromatic carbocycles. The van der Waals surface area contributed by atoms with E-state index in [1.807, 2.05) is 56.4 Å². The van der Waals surface area contributed by atoms with E-state index < -0.39 is 24.0 Å². The van der Waals surface area contributed by atoms with E-state index in [1.165, 1.54) is 11.6 Å². The van der Waals surface area contributed by atoms with E-state index >= 15 is 0 Å². The Kier molecular flexibility index (Phi) is 9.85. The summed E-state index contributed by atoms with van der Waals surface area (Å²) in [5.74, 6) is -0.379. The molecule has 0 unspecified atom stereocenters. The number of amides is 2. The summed E-state index contributed by atoms with van der Waals surface area (Å²) in [7, 11) is 0. The predicted octanol–water partition coefficient (Wildman–Crippen LogP) is 6.44. The van der Waals surface area contributed by atoms with Crippen molar-refractivity contribution in [3.8, 4) is 5.75 Å². The molecule has 0 aliphatic rings. The second-order valence-electron chi connectivity index (χ2n) is 9.97. The Hall–Kier alpha value is -3.81. The summed E-state index contributed by atoms with van der Waals surface area (Å²) in [6.07, 6.45) is 3.18. The molecule has 2 N–H and O–H groups in total. The summed E-state index contributed by atoms with van der Waals surface area (Å²) in [4.78, 5) is 26.0. The van der Waals surface area contributed by atoms with Crippen molar-refractivity contribution in [2.75, 3.05) is 0 Å². The van der Waals surface area contributed by atoms with Gasteiger partial charge in [0.1, 0.15) is 11.8 Å². The number of hydrogen-bond acceptors (Lipinski definition) is 4. The lowest BCUT2D eigenvalue weighted by molar-refractivity contribution is -0.132. The van der Waals surface area contributed by atoms with Gasteiger partial charge in [-0.1, -0.05) is 85.6 Å². The van der Waals surface area contributed by atoms with Gasteiger partial charge in [0.05, 0.1) is 11.2 Å². The Bertz CT molecular complexity index is 1500. The lowest BCUT2D eigenvalue weighted by Crippen LogP contribution is -2.49. The Morgan fingerprint density at radius 2 is 1.70 bits per heavy atom. The molecule has 40 heavy (non-hydrogen) atoms. The zero-order valence-corrected chi connectivity index (χ0v) is 24.1. The highest BCUT2D eigenvalue weighted by Gasteiger charge is 2.25. The monoisotopic (exact) mass is 578 g/mol. The van der Waals surface area contributed by atoms with E-state index in [2.05, 4.69) is 38.6 Å². The van der Waals surface area contributed by atoms with Crippen LogP contribution in [0.25, 0.3) is 10.9 Å². The van der Waals surface area contributed by atoms with Crippen LogP contribution in [0.15, 0.2) is 84.1 Å². The number of halogens is 2. The Balaban J connectivity index is 1.43. The highest BCUT2D eigenvalue weighted by atomic mass is 35.5. The molecule has 4 rings (SSSR count). The summed E-state index contributed by atoms with van der Waals surface area (Å²) >= 11 is 12.1. The van der Waals surface area contributed by atoms with Crippen LogP contribution in [0.2, 0.25) is 10.0 Å². The second kappa shape index (κ2) is 13.5. The van der Waals surface area contributed by atoms with Crippen molar-refractivity contribution in [1.29, 1.82) is 0 Å². The van der Waals surface area contributed by atoms with Crippen molar-refractivity contribution in [2.45, 2.75) is 45.9 Å². The molecule has 0 fully saturated rings. The zero-order chi connectivity index (χ0) is 28.6. The quantitative estimate of drug-likeness (QED) is 0.158. The van der Waals surface area contributed by atoms with E-state index in [0.717, 1.165) is 16.5 Å². The molecule has 0 saturated carbocycles. The topological polar surface area (TPSA) is 84.7 Å². The van der Waals surface area contributed by atoms with Crippen LogP contribution in [0.3, 0.4) is 0 Å². The molecular formula is C31H32Cl2N4O3. The fourth-order valence-corrected chi connectivity index (χ4v) is 4.79. The number of nitrogens with one attached hydrogen (secondary N) is 2. The van der Waals surface area contributed by atoms with Crippen LogP contribution in [-0.2, 0) is 16.1 Å². The highest BCUT2D eigenvalue weighted by molar-refractivity contribution is 6.35. The minimum absolute atomic E-state index is 0.151. The number of para-hydroxylation sites is 1. The van der Waals surface area contributed by atoms with Crippen LogP contribution in [-0.4, -0.2) is 34.7 Å². The number of carbonyl (C=O) groups excluding carboxylic acids is 2. The first-order valence-electron chi connectivity index (χ1n) is 13.1. The van der Waals surface area contributed by atoms with Crippen molar-refractivity contribution >= 4 is 52.1 Å². The number of fused-ring (bicyclic) bond motifs is 1. The van der Waals surface area contributed by atoms with Crippen molar-refractivity contribution in [2.24, 2.45) is 11.0 Å². The largest absolute Gasteiger partial charge is 0.479 e. The summed E-state index contributed by atoms with van der Waals surface area (Å²) in [6.45, 7) is 6.26. The van der Waals surface area contributed by atoms with Gasteiger partial charge in [0.2, 0.25) is 0 Å². The normalized spacial score (nSPS) is 12.9. The molecule has 0 spiro atoms. The van der Waals surface area contributed by atoms with Crippen molar-refractivity contribution in [3.63, 3.8) is 0 Å². The maximum absolute atomic E-state index is 13.1. The summed E-state index contributed by atoms with van der Waals surface area (Å²) < 4.78 is 7.86. The molecule has 0 saturated heterocycles. The van der Waals surface area contributed by atoms with Gasteiger partial charge < -0.3 is 14.6 Å². The molecule has 0 aliphatic carbocycles. The van der Waals surface area contributed by atoms with Gasteiger partial charge in [-0.25, -0.2) is 5.43 Å². The summed E-state index contributed by atoms with van der Waals surface area (Å²) in [5.41, 5.74) is 5.73. The lowest BCUT2D eigenvalue weighted by atomic mass is 10.0. The number of ether oxygens (including phenoxy) is 1. The number of aromatic nitrogens is 1. The molecule has 2 amide bonds. The molecule has 2 atom stereocenters. The molecule has 1 aromatic heterocycles. The molecule has 7 nitrogen and oxygen atoms in total. The van der Waals surface area contributed by atoms with Gasteiger partial charge in [-0.2, -0.15) is 5.10 Å². The second-order valence-corrected chi connectivity index (χ2v) is 10.8. The third-order valence-electron chi connectivity index (χ3n) is 6.30. The standard InChI is InChI=1S/C31H32Cl2N4O3/c1-20(2)15-27(35-30(38)21(3)40-29-14-13-24(32)16-26(29)33)31(39)36-34-17-23-19-37(18-22-9-5-4-6-10-22)28-12-8-7-11-25(23)28/h4-14,16-17,19-21,27H,15,18H2,1-3H3,(H,35,38)(H,36,39)/b34-17-/t21-,27-/m1/s1. The van der Waals surface area contributed by atoms with Crippen LogP contribution in [0, 0.1) is 5.92 Å². The minimum atomic E-state index is -0.889. The first kappa shape index (κ1) is 29.2. The van der Waals surface area contributed by atoms with Gasteiger partial charge in [0, 0.05) is 34.2 Å². The van der Waals surface area contributed by atoms with Crippen LogP contribution in [0.1, 0.15) is 38.3 Å². The van der Waals surface area contributed by atoms with Gasteiger partial charge in [-0.05, 0) is 49.1 Å². The average molecular weight is 580 g/mol. The smallest absolute Gasteiger partial charge is 0.262 e. The Morgan fingerprint density at radius 1 is 0.975 bits per heavy atom. The fraction of sp³-hybridized carbons (Fsp3) is 0.258. The Morgan fingerprint density at radius 3 is 2.42 bits per heavy atom. The van der Waals surface area contributed by atoms with Crippen LogP contribution < -0.4 is 15.5 Å². The number of carbonyl (C=O) groups is 2. The first-order valence-corrected chi connectivity index (χ1v) is 13.8. The van der Waals surface area contributed by atoms with Gasteiger partial charge in [0.15, 0.2) is 6.10 Å². The van der Waals surface area contributed by atoms with Crippen molar-refractivity contribution < 1.29 is 14.3 Å². The van der Waals surface area contributed by atoms with E-state index in [9.17, 15) is 9.59 Å². The number of nitrogens with zero attached hydrogens (tertiary/aromatic N) is 2. The number of hydrogen-bond donors (Lipinski definition) is 2. The van der Waals surface area contributed by atoms with Gasteiger partial charge >= 0.3 is 0 Å². The molecule has 4 aromatic rings. The highest BCUT2D eigenvalue weighted by Crippen LogP contribution is 2.28. The number of rotatable bonds is 11. The van der Waals surface area contributed by atoms with E-state index in [-0.39, 0.29) is 5.92 Å². The summed E-state index contributed by atoms with van der Waals surface area (Å²) in [5, 5.41) is 8.80. The van der Waals surface area contributed by atoms with Crippen molar-refractivity contribution in [1.82, 2.24) is 15.3 Å². The SMILES string of the molecule is CC(C)C[C@@H](NC(=O)[C@@H](C)Oc1ccc(Cl)cc1Cl)C(=O)N/N=C\c1cn(Cc2ccccc2)c2ccccc12. The van der Waals surface area contributed by atoms with Crippen molar-refractivity contribution in [3.05, 3.63) is 100 Å². The Labute approximate surface area is 244 Å². The zero-order valence-electron chi connectivity index (χ0n) is 22.6. The fourth-order valence-electron chi connectivity index (χ4n) is 4.34. The van der Waals surface area contributed by atoms with Crippen LogP contribution >= 0.6 is 23.2 Å². The van der Waals surface area contributed by atoms with E-state index in [4.69, 9.17) is 27.9 Å². The van der Waals surface area contributed by atoms with Gasteiger partial charge in [0.25, 0.3) is 11.8 Å². The molecule has 9 heteroatoms. The van der Waals surface area contributed by atoms with Gasteiger partial charge in [-0.3, -0.25) is 9.59 Å². The maximum Gasteiger partial charge on any atom is 0.262 e. The lowest BCUT2D eigenvalue weighted by Gasteiger charge is -2.22. The molecule has 0 aliphatic heterocycles. The van der Waals surface area contributed by atoms with E-state index in [1.54, 1.807) is 25.3 Å². The molecule has 0 radical (unpaired) electrons. The van der Waals surface area contributed by atoms with E-state index in [0.29, 0.717) is 28.8 Å². The first-order chi connectivity index (χ1) is 19.2. The summed E-state index contributed by atoms with van der Waals surface area (Å²) in [6, 6.07) is 22.2. The third kappa shape index (κ3) is 7.64. The number of benzene rings is 3. The maximum atomic E-state index is 13.1. The molecule has 208 valence electrons. The third-order valence-corrected chi connectivity index (χ3v) is 6.83. The average Bonchev–Trinajstić information content (AvgIpc) is 3.27. The molecule has 1 heterocycles.